The van der Waals surface area contributed by atoms with Crippen LogP contribution in [-0.4, -0.2) is 19.0 Å². The summed E-state index contributed by atoms with van der Waals surface area (Å²) in [6.45, 7) is 6.12. The molecule has 1 heterocycles. The van der Waals surface area contributed by atoms with Gasteiger partial charge in [-0.05, 0) is 57.4 Å². The number of piperidine rings is 1. The molecule has 0 aromatic heterocycles. The van der Waals surface area contributed by atoms with E-state index >= 15 is 0 Å². The molecule has 0 bridgehead atoms. The summed E-state index contributed by atoms with van der Waals surface area (Å²) in [6.07, 6.45) is 5.50. The number of amides is 1. The van der Waals surface area contributed by atoms with Gasteiger partial charge in [0.15, 0.2) is 0 Å². The van der Waals surface area contributed by atoms with E-state index in [1.807, 2.05) is 26.0 Å². The minimum Gasteiger partial charge on any atom is -0.372 e. The van der Waals surface area contributed by atoms with Crippen molar-refractivity contribution in [3.63, 3.8) is 0 Å². The number of benzene rings is 1. The highest BCUT2D eigenvalue weighted by Gasteiger charge is 2.10. The fourth-order valence-electron chi connectivity index (χ4n) is 2.35. The first-order valence-corrected chi connectivity index (χ1v) is 6.96. The van der Waals surface area contributed by atoms with Crippen LogP contribution >= 0.6 is 0 Å². The van der Waals surface area contributed by atoms with Crippen molar-refractivity contribution in [3.05, 3.63) is 35.9 Å². The molecular formula is C16H22N2O. The minimum atomic E-state index is -0.0641. The Bertz CT molecular complexity index is 452. The molecule has 1 aromatic rings. The Balaban J connectivity index is 1.98. The van der Waals surface area contributed by atoms with Crippen molar-refractivity contribution in [1.82, 2.24) is 0 Å². The Labute approximate surface area is 115 Å². The van der Waals surface area contributed by atoms with Gasteiger partial charge in [-0.15, -0.1) is 0 Å². The van der Waals surface area contributed by atoms with Crippen molar-refractivity contribution >= 4 is 17.3 Å². The summed E-state index contributed by atoms with van der Waals surface area (Å²) >= 11 is 0. The molecule has 0 atom stereocenters. The summed E-state index contributed by atoms with van der Waals surface area (Å²) in [7, 11) is 0. The molecule has 1 aromatic carbocycles. The summed E-state index contributed by atoms with van der Waals surface area (Å²) in [4.78, 5) is 14.0. The zero-order chi connectivity index (χ0) is 13.7. The number of carbonyl (C=O) groups excluding carboxylic acids is 1. The maximum absolute atomic E-state index is 11.6. The van der Waals surface area contributed by atoms with Crippen molar-refractivity contribution in [1.29, 1.82) is 0 Å². The molecule has 102 valence electrons. The molecule has 3 heteroatoms. The second kappa shape index (κ2) is 6.41. The molecule has 1 amide bonds. The van der Waals surface area contributed by atoms with E-state index in [2.05, 4.69) is 22.3 Å². The largest absolute Gasteiger partial charge is 0.372 e. The topological polar surface area (TPSA) is 32.3 Å². The normalized spacial score (nSPS) is 14.9. The van der Waals surface area contributed by atoms with Gasteiger partial charge in [0.2, 0.25) is 5.91 Å². The molecule has 1 N–H and O–H groups in total. The van der Waals surface area contributed by atoms with Crippen molar-refractivity contribution in [2.75, 3.05) is 23.3 Å². The maximum Gasteiger partial charge on any atom is 0.248 e. The monoisotopic (exact) mass is 258 g/mol. The zero-order valence-electron chi connectivity index (χ0n) is 11.8. The third-order valence-electron chi connectivity index (χ3n) is 3.28. The van der Waals surface area contributed by atoms with E-state index in [9.17, 15) is 4.79 Å². The van der Waals surface area contributed by atoms with Crippen molar-refractivity contribution in [2.24, 2.45) is 0 Å². The molecule has 1 aliphatic rings. The summed E-state index contributed by atoms with van der Waals surface area (Å²) in [5.74, 6) is -0.0641. The zero-order valence-corrected chi connectivity index (χ0v) is 11.8. The third-order valence-corrected chi connectivity index (χ3v) is 3.28. The Kier molecular flexibility index (Phi) is 4.61. The molecular weight excluding hydrogens is 236 g/mol. The van der Waals surface area contributed by atoms with E-state index in [0.29, 0.717) is 0 Å². The number of nitrogens with one attached hydrogen (secondary N) is 1. The standard InChI is InChI=1S/C16H22N2O/c1-13(2)12-16(19)17-14-6-8-15(9-7-14)18-10-4-3-5-11-18/h6-9,12H,3-5,10-11H2,1-2H3,(H,17,19). The van der Waals surface area contributed by atoms with E-state index in [-0.39, 0.29) is 5.91 Å². The van der Waals surface area contributed by atoms with Crippen LogP contribution in [0, 0.1) is 0 Å². The second-order valence-electron chi connectivity index (χ2n) is 5.31. The number of allylic oxidation sites excluding steroid dienone is 1. The summed E-state index contributed by atoms with van der Waals surface area (Å²) in [5, 5.41) is 2.87. The molecule has 1 aliphatic heterocycles. The fraction of sp³-hybridized carbons (Fsp3) is 0.438. The lowest BCUT2D eigenvalue weighted by Crippen LogP contribution is -2.29. The first-order chi connectivity index (χ1) is 9.15. The lowest BCUT2D eigenvalue weighted by molar-refractivity contribution is -0.111. The van der Waals surface area contributed by atoms with Crippen LogP contribution in [0.2, 0.25) is 0 Å². The van der Waals surface area contributed by atoms with Crippen LogP contribution in [0.25, 0.3) is 0 Å². The summed E-state index contributed by atoms with van der Waals surface area (Å²) in [6, 6.07) is 8.12. The van der Waals surface area contributed by atoms with Crippen LogP contribution in [0.5, 0.6) is 0 Å². The Morgan fingerprint density at radius 2 is 1.74 bits per heavy atom. The molecule has 0 unspecified atom stereocenters. The van der Waals surface area contributed by atoms with Crippen LogP contribution in [-0.2, 0) is 4.79 Å². The number of carbonyl (C=O) groups is 1. The quantitative estimate of drug-likeness (QED) is 0.840. The third kappa shape index (κ3) is 4.12. The van der Waals surface area contributed by atoms with Crippen molar-refractivity contribution in [3.8, 4) is 0 Å². The lowest BCUT2D eigenvalue weighted by atomic mass is 10.1. The van der Waals surface area contributed by atoms with E-state index in [0.717, 1.165) is 24.4 Å². The Hall–Kier alpha value is -1.77. The highest BCUT2D eigenvalue weighted by atomic mass is 16.1. The van der Waals surface area contributed by atoms with Gasteiger partial charge < -0.3 is 10.2 Å². The summed E-state index contributed by atoms with van der Waals surface area (Å²) < 4.78 is 0. The second-order valence-corrected chi connectivity index (χ2v) is 5.31. The average Bonchev–Trinajstić information content (AvgIpc) is 2.39. The van der Waals surface area contributed by atoms with Gasteiger partial charge in [0, 0.05) is 30.5 Å². The van der Waals surface area contributed by atoms with Crippen LogP contribution in [0.3, 0.4) is 0 Å². The van der Waals surface area contributed by atoms with Crippen LogP contribution in [0.15, 0.2) is 35.9 Å². The van der Waals surface area contributed by atoms with E-state index in [4.69, 9.17) is 0 Å². The van der Waals surface area contributed by atoms with E-state index < -0.39 is 0 Å². The smallest absolute Gasteiger partial charge is 0.248 e. The molecule has 19 heavy (non-hydrogen) atoms. The molecule has 2 rings (SSSR count). The van der Waals surface area contributed by atoms with E-state index in [1.54, 1.807) is 6.08 Å². The molecule has 1 saturated heterocycles. The minimum absolute atomic E-state index is 0.0641. The van der Waals surface area contributed by atoms with Crippen LogP contribution in [0.1, 0.15) is 33.1 Å². The van der Waals surface area contributed by atoms with Gasteiger partial charge in [0.05, 0.1) is 0 Å². The van der Waals surface area contributed by atoms with Gasteiger partial charge in [0.1, 0.15) is 0 Å². The molecule has 3 nitrogen and oxygen atoms in total. The summed E-state index contributed by atoms with van der Waals surface area (Å²) in [5.41, 5.74) is 3.10. The first kappa shape index (κ1) is 13.7. The molecule has 0 saturated carbocycles. The van der Waals surface area contributed by atoms with Gasteiger partial charge in [-0.25, -0.2) is 0 Å². The van der Waals surface area contributed by atoms with Gasteiger partial charge >= 0.3 is 0 Å². The van der Waals surface area contributed by atoms with Crippen molar-refractivity contribution in [2.45, 2.75) is 33.1 Å². The lowest BCUT2D eigenvalue weighted by Gasteiger charge is -2.28. The van der Waals surface area contributed by atoms with Gasteiger partial charge in [-0.1, -0.05) is 5.57 Å². The number of hydrogen-bond donors (Lipinski definition) is 1. The molecule has 0 radical (unpaired) electrons. The van der Waals surface area contributed by atoms with Crippen LogP contribution < -0.4 is 10.2 Å². The van der Waals surface area contributed by atoms with Gasteiger partial charge in [-0.3, -0.25) is 4.79 Å². The maximum atomic E-state index is 11.6. The molecule has 0 spiro atoms. The van der Waals surface area contributed by atoms with Crippen LogP contribution in [0.4, 0.5) is 11.4 Å². The van der Waals surface area contributed by atoms with E-state index in [1.165, 1.54) is 24.9 Å². The number of hydrogen-bond acceptors (Lipinski definition) is 2. The highest BCUT2D eigenvalue weighted by molar-refractivity contribution is 5.99. The Morgan fingerprint density at radius 1 is 1.11 bits per heavy atom. The number of rotatable bonds is 3. The Morgan fingerprint density at radius 3 is 2.32 bits per heavy atom. The predicted molar refractivity (Wildman–Crippen MR) is 80.6 cm³/mol. The predicted octanol–water partition coefficient (Wildman–Crippen LogP) is 3.58. The number of nitrogens with zero attached hydrogens (tertiary/aromatic N) is 1. The number of anilines is 2. The average molecular weight is 258 g/mol. The van der Waals surface area contributed by atoms with Crippen molar-refractivity contribution < 1.29 is 4.79 Å². The first-order valence-electron chi connectivity index (χ1n) is 6.96. The highest BCUT2D eigenvalue weighted by Crippen LogP contribution is 2.21. The fourth-order valence-corrected chi connectivity index (χ4v) is 2.35. The van der Waals surface area contributed by atoms with Gasteiger partial charge in [-0.2, -0.15) is 0 Å². The molecule has 1 fully saturated rings. The van der Waals surface area contributed by atoms with Gasteiger partial charge in [0.25, 0.3) is 0 Å². The molecule has 0 aliphatic carbocycles. The SMILES string of the molecule is CC(C)=CC(=O)Nc1ccc(N2CCCCC2)cc1.